The summed E-state index contributed by atoms with van der Waals surface area (Å²) in [6.45, 7) is 9.21. The molecule has 2 N–H and O–H groups in total. The lowest BCUT2D eigenvalue weighted by Gasteiger charge is -2.37. The number of nitrogens with two attached hydrogens (primary N) is 1. The van der Waals surface area contributed by atoms with E-state index in [0.29, 0.717) is 13.1 Å². The van der Waals surface area contributed by atoms with E-state index in [1.165, 1.54) is 0 Å². The predicted octanol–water partition coefficient (Wildman–Crippen LogP) is 0.605. The van der Waals surface area contributed by atoms with E-state index in [4.69, 9.17) is 10.5 Å². The van der Waals surface area contributed by atoms with Gasteiger partial charge in [0, 0.05) is 13.1 Å². The average Bonchev–Trinajstić information content (AvgIpc) is 2.13. The van der Waals surface area contributed by atoms with Gasteiger partial charge in [-0.2, -0.15) is 0 Å². The fourth-order valence-corrected chi connectivity index (χ4v) is 1.85. The van der Waals surface area contributed by atoms with Crippen molar-refractivity contribution in [3.8, 4) is 0 Å². The first kappa shape index (κ1) is 12.5. The number of amides is 1. The molecular formula is C11H22N2O2. The third-order valence-corrected chi connectivity index (χ3v) is 2.73. The molecule has 0 saturated carbocycles. The van der Waals surface area contributed by atoms with Crippen molar-refractivity contribution in [3.63, 3.8) is 0 Å². The number of hydrogen-bond acceptors (Lipinski definition) is 3. The number of carbonyl (C=O) groups excluding carboxylic acids is 1. The number of rotatable bonds is 2. The minimum Gasteiger partial charge on any atom is -0.372 e. The van der Waals surface area contributed by atoms with Gasteiger partial charge in [-0.25, -0.2) is 0 Å². The maximum Gasteiger partial charge on any atom is 0.239 e. The number of morpholine rings is 1. The van der Waals surface area contributed by atoms with Gasteiger partial charge in [0.15, 0.2) is 0 Å². The molecule has 0 aromatic heterocycles. The molecule has 0 aromatic carbocycles. The van der Waals surface area contributed by atoms with E-state index < -0.39 is 0 Å². The molecular weight excluding hydrogens is 192 g/mol. The molecule has 1 aliphatic heterocycles. The summed E-state index contributed by atoms with van der Waals surface area (Å²) in [7, 11) is 0. The van der Waals surface area contributed by atoms with Gasteiger partial charge in [-0.15, -0.1) is 0 Å². The van der Waals surface area contributed by atoms with Crippen LogP contribution in [-0.4, -0.2) is 42.1 Å². The van der Waals surface area contributed by atoms with Gasteiger partial charge in [0.25, 0.3) is 0 Å². The molecule has 0 spiro atoms. The number of hydrogen-bond donors (Lipinski definition) is 1. The molecule has 1 aliphatic rings. The zero-order valence-corrected chi connectivity index (χ0v) is 10.1. The Bertz CT molecular complexity index is 221. The van der Waals surface area contributed by atoms with Gasteiger partial charge >= 0.3 is 0 Å². The Morgan fingerprint density at radius 3 is 2.20 bits per heavy atom. The lowest BCUT2D eigenvalue weighted by atomic mass is 10.0. The summed E-state index contributed by atoms with van der Waals surface area (Å²) >= 11 is 0. The van der Waals surface area contributed by atoms with Crippen molar-refractivity contribution in [2.24, 2.45) is 11.7 Å². The van der Waals surface area contributed by atoms with Crippen LogP contribution in [0.5, 0.6) is 0 Å². The summed E-state index contributed by atoms with van der Waals surface area (Å²) < 4.78 is 5.57. The van der Waals surface area contributed by atoms with Crippen LogP contribution < -0.4 is 5.73 Å². The molecule has 4 heteroatoms. The zero-order chi connectivity index (χ0) is 11.6. The number of nitrogens with zero attached hydrogens (tertiary/aromatic N) is 1. The summed E-state index contributed by atoms with van der Waals surface area (Å²) in [5.41, 5.74) is 5.85. The van der Waals surface area contributed by atoms with Crippen LogP contribution in [-0.2, 0) is 9.53 Å². The van der Waals surface area contributed by atoms with E-state index >= 15 is 0 Å². The Hall–Kier alpha value is -0.610. The summed E-state index contributed by atoms with van der Waals surface area (Å²) in [6, 6.07) is -0.387. The maximum absolute atomic E-state index is 12.0. The van der Waals surface area contributed by atoms with Crippen LogP contribution in [0.2, 0.25) is 0 Å². The molecule has 0 unspecified atom stereocenters. The molecule has 0 aromatic rings. The minimum atomic E-state index is -0.387. The van der Waals surface area contributed by atoms with Crippen molar-refractivity contribution in [2.75, 3.05) is 13.1 Å². The topological polar surface area (TPSA) is 55.6 Å². The van der Waals surface area contributed by atoms with Crippen LogP contribution in [0.15, 0.2) is 0 Å². The molecule has 1 fully saturated rings. The first-order valence-corrected chi connectivity index (χ1v) is 5.61. The van der Waals surface area contributed by atoms with Gasteiger partial charge in [0.2, 0.25) is 5.91 Å². The second-order valence-corrected chi connectivity index (χ2v) is 4.77. The Balaban J connectivity index is 2.59. The van der Waals surface area contributed by atoms with Gasteiger partial charge in [0.05, 0.1) is 18.2 Å². The highest BCUT2D eigenvalue weighted by atomic mass is 16.5. The fourth-order valence-electron chi connectivity index (χ4n) is 1.85. The highest BCUT2D eigenvalue weighted by Gasteiger charge is 2.29. The lowest BCUT2D eigenvalue weighted by Crippen LogP contribution is -2.54. The Morgan fingerprint density at radius 2 is 1.80 bits per heavy atom. The highest BCUT2D eigenvalue weighted by molar-refractivity contribution is 5.82. The van der Waals surface area contributed by atoms with E-state index in [-0.39, 0.29) is 30.1 Å². The number of carbonyl (C=O) groups is 1. The number of ether oxygens (including phenoxy) is 1. The molecule has 1 amide bonds. The molecule has 1 heterocycles. The monoisotopic (exact) mass is 214 g/mol. The Labute approximate surface area is 91.8 Å². The van der Waals surface area contributed by atoms with E-state index in [2.05, 4.69) is 0 Å². The summed E-state index contributed by atoms with van der Waals surface area (Å²) in [5, 5.41) is 0. The van der Waals surface area contributed by atoms with Crippen LogP contribution in [0, 0.1) is 5.92 Å². The molecule has 3 atom stereocenters. The highest BCUT2D eigenvalue weighted by Crippen LogP contribution is 2.13. The van der Waals surface area contributed by atoms with E-state index in [1.807, 2.05) is 32.6 Å². The normalized spacial score (nSPS) is 29.3. The van der Waals surface area contributed by atoms with Crippen molar-refractivity contribution in [1.82, 2.24) is 4.90 Å². The van der Waals surface area contributed by atoms with Crippen LogP contribution in [0.25, 0.3) is 0 Å². The van der Waals surface area contributed by atoms with Crippen molar-refractivity contribution in [1.29, 1.82) is 0 Å². The average molecular weight is 214 g/mol. The molecule has 1 rings (SSSR count). The van der Waals surface area contributed by atoms with Gasteiger partial charge < -0.3 is 15.4 Å². The van der Waals surface area contributed by atoms with E-state index in [0.717, 1.165) is 0 Å². The van der Waals surface area contributed by atoms with Crippen LogP contribution in [0.3, 0.4) is 0 Å². The van der Waals surface area contributed by atoms with Gasteiger partial charge in [-0.3, -0.25) is 4.79 Å². The predicted molar refractivity (Wildman–Crippen MR) is 59.4 cm³/mol. The third-order valence-electron chi connectivity index (χ3n) is 2.73. The second-order valence-electron chi connectivity index (χ2n) is 4.77. The largest absolute Gasteiger partial charge is 0.372 e. The van der Waals surface area contributed by atoms with E-state index in [9.17, 15) is 4.79 Å². The summed E-state index contributed by atoms with van der Waals surface area (Å²) in [5.74, 6) is 0.234. The zero-order valence-electron chi connectivity index (χ0n) is 10.1. The molecule has 0 bridgehead atoms. The lowest BCUT2D eigenvalue weighted by molar-refractivity contribution is -0.145. The molecule has 4 nitrogen and oxygen atoms in total. The molecule has 15 heavy (non-hydrogen) atoms. The molecule has 88 valence electrons. The minimum absolute atomic E-state index is 0.0481. The standard InChI is InChI=1S/C11H22N2O2/c1-7(2)10(12)11(14)13-5-8(3)15-9(4)6-13/h7-10H,5-6,12H2,1-4H3/t8-,9+,10-/m0/s1. The fraction of sp³-hybridized carbons (Fsp3) is 0.909. The van der Waals surface area contributed by atoms with Crippen LogP contribution >= 0.6 is 0 Å². The van der Waals surface area contributed by atoms with Crippen molar-refractivity contribution in [2.45, 2.75) is 45.9 Å². The first-order chi connectivity index (χ1) is 6.91. The molecule has 0 radical (unpaired) electrons. The molecule has 1 saturated heterocycles. The summed E-state index contributed by atoms with van der Waals surface area (Å²) in [4.78, 5) is 13.8. The van der Waals surface area contributed by atoms with Crippen LogP contribution in [0.4, 0.5) is 0 Å². The van der Waals surface area contributed by atoms with E-state index in [1.54, 1.807) is 0 Å². The van der Waals surface area contributed by atoms with Gasteiger partial charge in [0.1, 0.15) is 0 Å². The van der Waals surface area contributed by atoms with Crippen LogP contribution in [0.1, 0.15) is 27.7 Å². The van der Waals surface area contributed by atoms with Gasteiger partial charge in [-0.1, -0.05) is 13.8 Å². The van der Waals surface area contributed by atoms with Gasteiger partial charge in [-0.05, 0) is 19.8 Å². The first-order valence-electron chi connectivity index (χ1n) is 5.61. The second kappa shape index (κ2) is 4.94. The smallest absolute Gasteiger partial charge is 0.239 e. The Morgan fingerprint density at radius 1 is 1.33 bits per heavy atom. The molecule has 0 aliphatic carbocycles. The Kier molecular flexibility index (Phi) is 4.11. The SMILES string of the molecule is CC(C)[C@H](N)C(=O)N1C[C@@H](C)O[C@@H](C)C1. The van der Waals surface area contributed by atoms with Crippen molar-refractivity contribution < 1.29 is 9.53 Å². The third kappa shape index (κ3) is 3.18. The van der Waals surface area contributed by atoms with Crippen molar-refractivity contribution in [3.05, 3.63) is 0 Å². The maximum atomic E-state index is 12.0. The quantitative estimate of drug-likeness (QED) is 0.732. The summed E-state index contributed by atoms with van der Waals surface area (Å²) in [6.07, 6.45) is 0.217. The van der Waals surface area contributed by atoms with Crippen molar-refractivity contribution >= 4 is 5.91 Å².